The molecule has 0 unspecified atom stereocenters. The van der Waals surface area contributed by atoms with E-state index in [0.29, 0.717) is 13.0 Å². The van der Waals surface area contributed by atoms with Crippen LogP contribution in [0.2, 0.25) is 0 Å². The van der Waals surface area contributed by atoms with Crippen molar-refractivity contribution in [3.63, 3.8) is 0 Å². The number of hydrogen-bond donors (Lipinski definition) is 3. The number of nitrogens with one attached hydrogen (secondary N) is 2. The third-order valence-electron chi connectivity index (χ3n) is 5.49. The first-order valence-corrected chi connectivity index (χ1v) is 11.0. The molecular formula is C23H36N2O4. The van der Waals surface area contributed by atoms with Gasteiger partial charge in [0.15, 0.2) is 0 Å². The molecule has 1 atom stereocenters. The zero-order valence-corrected chi connectivity index (χ0v) is 17.6. The zero-order valence-electron chi connectivity index (χ0n) is 17.6. The summed E-state index contributed by atoms with van der Waals surface area (Å²) in [5.41, 5.74) is 0.867. The molecule has 0 aromatic heterocycles. The quantitative estimate of drug-likeness (QED) is 0.438. The molecule has 1 saturated heterocycles. The topological polar surface area (TPSA) is 87.7 Å². The number of carboxylic acids is 1. The van der Waals surface area contributed by atoms with Crippen LogP contribution >= 0.6 is 0 Å². The molecule has 2 rings (SSSR count). The first kappa shape index (κ1) is 23.2. The molecule has 1 aromatic carbocycles. The molecule has 0 bridgehead atoms. The van der Waals surface area contributed by atoms with Crippen LogP contribution < -0.4 is 15.4 Å². The second-order valence-electron chi connectivity index (χ2n) is 7.95. The average Bonchev–Trinajstić information content (AvgIpc) is 2.73. The van der Waals surface area contributed by atoms with Crippen LogP contribution in [0.5, 0.6) is 5.75 Å². The van der Waals surface area contributed by atoms with Gasteiger partial charge >= 0.3 is 5.97 Å². The lowest BCUT2D eigenvalue weighted by atomic mass is 9.93. The minimum absolute atomic E-state index is 0.205. The Kier molecular flexibility index (Phi) is 10.6. The fourth-order valence-electron chi connectivity index (χ4n) is 3.66. The first-order valence-electron chi connectivity index (χ1n) is 11.0. The van der Waals surface area contributed by atoms with Crippen molar-refractivity contribution in [1.29, 1.82) is 0 Å². The highest BCUT2D eigenvalue weighted by molar-refractivity contribution is 5.83. The fraction of sp³-hybridized carbons (Fsp3) is 0.652. The number of hydrogen-bond acceptors (Lipinski definition) is 4. The van der Waals surface area contributed by atoms with Crippen molar-refractivity contribution in [2.24, 2.45) is 5.92 Å². The number of carbonyl (C=O) groups is 2. The van der Waals surface area contributed by atoms with Crippen molar-refractivity contribution in [1.82, 2.24) is 10.6 Å². The van der Waals surface area contributed by atoms with Gasteiger partial charge in [-0.15, -0.1) is 0 Å². The summed E-state index contributed by atoms with van der Waals surface area (Å²) in [6, 6.07) is 6.60. The second-order valence-corrected chi connectivity index (χ2v) is 7.95. The van der Waals surface area contributed by atoms with Gasteiger partial charge in [-0.25, -0.2) is 4.79 Å². The average molecular weight is 405 g/mol. The van der Waals surface area contributed by atoms with Crippen molar-refractivity contribution in [2.45, 2.75) is 70.8 Å². The zero-order chi connectivity index (χ0) is 20.9. The normalized spacial score (nSPS) is 15.6. The Morgan fingerprint density at radius 2 is 1.90 bits per heavy atom. The molecule has 1 amide bonds. The van der Waals surface area contributed by atoms with E-state index in [0.717, 1.165) is 49.6 Å². The number of aliphatic carboxylic acids is 1. The molecule has 3 N–H and O–H groups in total. The van der Waals surface area contributed by atoms with E-state index in [1.165, 1.54) is 25.7 Å². The van der Waals surface area contributed by atoms with Gasteiger partial charge in [0, 0.05) is 12.8 Å². The van der Waals surface area contributed by atoms with Crippen molar-refractivity contribution >= 4 is 11.9 Å². The van der Waals surface area contributed by atoms with Crippen LogP contribution in [0, 0.1) is 5.92 Å². The van der Waals surface area contributed by atoms with Crippen molar-refractivity contribution in [3.05, 3.63) is 29.8 Å². The number of carbonyl (C=O) groups excluding carboxylic acids is 1. The van der Waals surface area contributed by atoms with Crippen LogP contribution in [-0.2, 0) is 16.0 Å². The minimum atomic E-state index is -1.01. The summed E-state index contributed by atoms with van der Waals surface area (Å²) >= 11 is 0. The molecule has 1 aliphatic heterocycles. The summed E-state index contributed by atoms with van der Waals surface area (Å²) in [6.07, 6.45) is 8.42. The molecule has 0 radical (unpaired) electrons. The van der Waals surface area contributed by atoms with Gasteiger partial charge in [0.25, 0.3) is 0 Å². The van der Waals surface area contributed by atoms with Gasteiger partial charge in [0.1, 0.15) is 11.8 Å². The standard InChI is InChI=1S/C23H36N2O4/c1-2-3-7-22(26)25-21(23(27)28)17-19-8-10-20(11-9-19)29-16-5-4-6-18-12-14-24-15-13-18/h8-11,18,21,24H,2-7,12-17H2,1H3,(H,25,26)(H,27,28)/t21-/m0/s1. The summed E-state index contributed by atoms with van der Waals surface area (Å²) in [5.74, 6) is 0.447. The summed E-state index contributed by atoms with van der Waals surface area (Å²) in [4.78, 5) is 23.3. The van der Waals surface area contributed by atoms with E-state index in [2.05, 4.69) is 10.6 Å². The predicted octanol–water partition coefficient (Wildman–Crippen LogP) is 3.54. The molecule has 0 spiro atoms. The molecule has 0 saturated carbocycles. The number of benzene rings is 1. The summed E-state index contributed by atoms with van der Waals surface area (Å²) in [7, 11) is 0. The smallest absolute Gasteiger partial charge is 0.326 e. The lowest BCUT2D eigenvalue weighted by Gasteiger charge is -2.22. The molecule has 162 valence electrons. The number of unbranched alkanes of at least 4 members (excludes halogenated alkanes) is 2. The van der Waals surface area contributed by atoms with Crippen LogP contribution in [0.3, 0.4) is 0 Å². The molecule has 1 heterocycles. The van der Waals surface area contributed by atoms with Gasteiger partial charge in [-0.05, 0) is 68.8 Å². The van der Waals surface area contributed by atoms with E-state index in [9.17, 15) is 14.7 Å². The van der Waals surface area contributed by atoms with Gasteiger partial charge < -0.3 is 20.5 Å². The van der Waals surface area contributed by atoms with Gasteiger partial charge in [0.05, 0.1) is 6.61 Å². The molecule has 1 aromatic rings. The lowest BCUT2D eigenvalue weighted by Crippen LogP contribution is -2.42. The Morgan fingerprint density at radius 1 is 1.17 bits per heavy atom. The molecule has 1 fully saturated rings. The maximum Gasteiger partial charge on any atom is 0.326 e. The highest BCUT2D eigenvalue weighted by Crippen LogP contribution is 2.19. The van der Waals surface area contributed by atoms with Crippen molar-refractivity contribution in [2.75, 3.05) is 19.7 Å². The van der Waals surface area contributed by atoms with Crippen LogP contribution in [0.25, 0.3) is 0 Å². The third-order valence-corrected chi connectivity index (χ3v) is 5.49. The van der Waals surface area contributed by atoms with E-state index >= 15 is 0 Å². The lowest BCUT2D eigenvalue weighted by molar-refractivity contribution is -0.141. The Labute approximate surface area is 174 Å². The van der Waals surface area contributed by atoms with E-state index in [-0.39, 0.29) is 12.3 Å². The van der Waals surface area contributed by atoms with E-state index in [1.54, 1.807) is 0 Å². The Bertz CT molecular complexity index is 612. The highest BCUT2D eigenvalue weighted by Gasteiger charge is 2.20. The second kappa shape index (κ2) is 13.2. The van der Waals surface area contributed by atoms with Gasteiger partial charge in [-0.1, -0.05) is 31.9 Å². The van der Waals surface area contributed by atoms with Gasteiger partial charge in [0.2, 0.25) is 5.91 Å². The van der Waals surface area contributed by atoms with Crippen LogP contribution in [0.4, 0.5) is 0 Å². The molecule has 29 heavy (non-hydrogen) atoms. The van der Waals surface area contributed by atoms with Gasteiger partial charge in [-0.3, -0.25) is 4.79 Å². The van der Waals surface area contributed by atoms with E-state index in [4.69, 9.17) is 4.74 Å². The summed E-state index contributed by atoms with van der Waals surface area (Å²) in [5, 5.41) is 15.4. The molecule has 6 heteroatoms. The van der Waals surface area contributed by atoms with E-state index < -0.39 is 12.0 Å². The first-order chi connectivity index (χ1) is 14.1. The SMILES string of the molecule is CCCCC(=O)N[C@@H](Cc1ccc(OCCCCC2CCNCC2)cc1)C(=O)O. The monoisotopic (exact) mass is 404 g/mol. The molecule has 0 aliphatic carbocycles. The Morgan fingerprint density at radius 3 is 2.55 bits per heavy atom. The number of piperidine rings is 1. The van der Waals surface area contributed by atoms with Crippen molar-refractivity contribution in [3.8, 4) is 5.75 Å². The number of carboxylic acid groups (broad SMARTS) is 1. The molecule has 6 nitrogen and oxygen atoms in total. The summed E-state index contributed by atoms with van der Waals surface area (Å²) < 4.78 is 5.81. The Hall–Kier alpha value is -2.08. The van der Waals surface area contributed by atoms with Crippen LogP contribution in [-0.4, -0.2) is 42.7 Å². The largest absolute Gasteiger partial charge is 0.494 e. The van der Waals surface area contributed by atoms with Gasteiger partial charge in [-0.2, -0.15) is 0 Å². The third kappa shape index (κ3) is 9.31. The maximum absolute atomic E-state index is 11.8. The number of amides is 1. The molecular weight excluding hydrogens is 368 g/mol. The highest BCUT2D eigenvalue weighted by atomic mass is 16.5. The predicted molar refractivity (Wildman–Crippen MR) is 114 cm³/mol. The molecule has 1 aliphatic rings. The van der Waals surface area contributed by atoms with Crippen molar-refractivity contribution < 1.29 is 19.4 Å². The summed E-state index contributed by atoms with van der Waals surface area (Å²) in [6.45, 7) is 5.01. The number of rotatable bonds is 13. The van der Waals surface area contributed by atoms with Crippen LogP contribution in [0.15, 0.2) is 24.3 Å². The fourth-order valence-corrected chi connectivity index (χ4v) is 3.66. The maximum atomic E-state index is 11.8. The van der Waals surface area contributed by atoms with Crippen LogP contribution in [0.1, 0.15) is 63.9 Å². The minimum Gasteiger partial charge on any atom is -0.494 e. The van der Waals surface area contributed by atoms with E-state index in [1.807, 2.05) is 31.2 Å². The number of ether oxygens (including phenoxy) is 1. The Balaban J connectivity index is 1.69.